The van der Waals surface area contributed by atoms with Gasteiger partial charge < -0.3 is 10.0 Å². The van der Waals surface area contributed by atoms with Crippen LogP contribution >= 0.6 is 0 Å². The number of carbonyl (C=O) groups excluding carboxylic acids is 1. The summed E-state index contributed by atoms with van der Waals surface area (Å²) in [4.78, 5) is 32.3. The van der Waals surface area contributed by atoms with E-state index in [0.717, 1.165) is 69.1 Å². The summed E-state index contributed by atoms with van der Waals surface area (Å²) in [7, 11) is 0. The highest BCUT2D eigenvalue weighted by Crippen LogP contribution is 2.49. The van der Waals surface area contributed by atoms with Gasteiger partial charge in [0.2, 0.25) is 0 Å². The number of carbonyl (C=O) groups is 2. The number of hydrogen-bond acceptors (Lipinski definition) is 3. The Balaban J connectivity index is 1.98. The van der Waals surface area contributed by atoms with E-state index in [4.69, 9.17) is 4.99 Å². The lowest BCUT2D eigenvalue weighted by molar-refractivity contribution is -0.134. The van der Waals surface area contributed by atoms with E-state index in [1.165, 1.54) is 0 Å². The molecule has 0 unspecified atom stereocenters. The number of carboxylic acids is 1. The number of aliphatic imine (C=N–C) groups is 1. The van der Waals surface area contributed by atoms with Gasteiger partial charge in [-0.05, 0) is 67.6 Å². The average Bonchev–Trinajstić information content (AvgIpc) is 3.00. The summed E-state index contributed by atoms with van der Waals surface area (Å²) in [6, 6.07) is 7.03. The van der Waals surface area contributed by atoms with Crippen molar-refractivity contribution in [3.8, 4) is 0 Å². The molecule has 1 aromatic carbocycles. The van der Waals surface area contributed by atoms with Crippen LogP contribution < -0.4 is 0 Å². The van der Waals surface area contributed by atoms with E-state index < -0.39 is 11.6 Å². The van der Waals surface area contributed by atoms with E-state index in [2.05, 4.69) is 39.5 Å². The predicted octanol–water partition coefficient (Wildman–Crippen LogP) is 6.63. The summed E-state index contributed by atoms with van der Waals surface area (Å²) in [6.07, 6.45) is 8.53. The number of nitrogens with zero attached hydrogens (tertiary/aromatic N) is 2. The maximum atomic E-state index is 13.7. The summed E-state index contributed by atoms with van der Waals surface area (Å²) in [6.45, 7) is 11.2. The summed E-state index contributed by atoms with van der Waals surface area (Å²) in [5, 5.41) is 9.31. The normalized spacial score (nSPS) is 24.7. The fourth-order valence-corrected chi connectivity index (χ4v) is 5.50. The van der Waals surface area contributed by atoms with E-state index in [1.807, 2.05) is 12.1 Å². The number of unbranched alkanes of at least 4 members (excludes halogenated alkanes) is 1. The molecule has 0 saturated heterocycles. The van der Waals surface area contributed by atoms with Gasteiger partial charge in [-0.3, -0.25) is 9.79 Å². The Bertz CT molecular complexity index is 843. The largest absolute Gasteiger partial charge is 0.478 e. The van der Waals surface area contributed by atoms with Gasteiger partial charge in [0.05, 0.1) is 11.6 Å². The molecule has 1 aliphatic carbocycles. The highest BCUT2D eigenvalue weighted by atomic mass is 16.4. The third-order valence-electron chi connectivity index (χ3n) is 7.44. The van der Waals surface area contributed by atoms with Gasteiger partial charge in [-0.1, -0.05) is 66.0 Å². The summed E-state index contributed by atoms with van der Waals surface area (Å²) in [5.41, 5.74) is 1.83. The zero-order valence-electron chi connectivity index (χ0n) is 20.5. The molecule has 1 aliphatic heterocycles. The minimum atomic E-state index is -0.926. The van der Waals surface area contributed by atoms with Crippen LogP contribution in [0.2, 0.25) is 0 Å². The molecule has 5 nitrogen and oxygen atoms in total. The van der Waals surface area contributed by atoms with Gasteiger partial charge in [0, 0.05) is 0 Å². The number of carboxylic acid groups (broad SMARTS) is 1. The highest BCUT2D eigenvalue weighted by Gasteiger charge is 2.52. The summed E-state index contributed by atoms with van der Waals surface area (Å²) < 4.78 is 0. The first-order valence-corrected chi connectivity index (χ1v) is 12.4. The lowest BCUT2D eigenvalue weighted by Crippen LogP contribution is -2.51. The Kier molecular flexibility index (Phi) is 7.46. The molecule has 1 fully saturated rings. The van der Waals surface area contributed by atoms with Crippen LogP contribution in [0, 0.1) is 11.3 Å². The van der Waals surface area contributed by atoms with Gasteiger partial charge >= 0.3 is 5.97 Å². The molecule has 3 rings (SSSR count). The van der Waals surface area contributed by atoms with Crippen molar-refractivity contribution in [1.82, 2.24) is 4.90 Å². The Morgan fingerprint density at radius 1 is 1.16 bits per heavy atom. The molecular weight excluding hydrogens is 400 g/mol. The smallest absolute Gasteiger partial charge is 0.335 e. The van der Waals surface area contributed by atoms with Crippen LogP contribution in [0.25, 0.3) is 0 Å². The average molecular weight is 441 g/mol. The van der Waals surface area contributed by atoms with Crippen LogP contribution in [0.5, 0.6) is 0 Å². The van der Waals surface area contributed by atoms with Gasteiger partial charge in [0.25, 0.3) is 5.91 Å². The van der Waals surface area contributed by atoms with Crippen molar-refractivity contribution in [2.45, 2.75) is 104 Å². The monoisotopic (exact) mass is 440 g/mol. The molecule has 1 amide bonds. The highest BCUT2D eigenvalue weighted by molar-refractivity contribution is 6.40. The molecule has 32 heavy (non-hydrogen) atoms. The first-order chi connectivity index (χ1) is 15.1. The number of amides is 1. The molecule has 1 spiro atoms. The van der Waals surface area contributed by atoms with Gasteiger partial charge in [0.1, 0.15) is 11.4 Å². The first-order valence-electron chi connectivity index (χ1n) is 12.4. The molecule has 1 N–H and O–H groups in total. The van der Waals surface area contributed by atoms with Crippen LogP contribution in [0.3, 0.4) is 0 Å². The Hall–Kier alpha value is -2.17. The SMILES string of the molecule is CCCC[C@H](c1ccc(C(=O)O)cc1)N1C(=O)C(CCC)=NC12CCC(C(C)(C)C)CC2. The van der Waals surface area contributed by atoms with E-state index >= 15 is 0 Å². The van der Waals surface area contributed by atoms with Gasteiger partial charge in [-0.15, -0.1) is 0 Å². The molecule has 1 aromatic rings. The Morgan fingerprint density at radius 2 is 1.78 bits per heavy atom. The number of benzene rings is 1. The topological polar surface area (TPSA) is 70.0 Å². The maximum absolute atomic E-state index is 13.7. The molecule has 0 bridgehead atoms. The van der Waals surface area contributed by atoms with E-state index in [0.29, 0.717) is 5.92 Å². The van der Waals surface area contributed by atoms with E-state index in [-0.39, 0.29) is 22.9 Å². The lowest BCUT2D eigenvalue weighted by atomic mass is 9.69. The van der Waals surface area contributed by atoms with E-state index in [1.54, 1.807) is 12.1 Å². The standard InChI is InChI=1S/C27H40N2O3/c1-6-8-10-23(19-11-13-20(14-12-19)25(31)32)29-24(30)22(9-7-2)28-27(29)17-15-21(16-18-27)26(3,4)5/h11-14,21,23H,6-10,15-18H2,1-5H3,(H,31,32)/t21?,23-,27?/m1/s1. The fraction of sp³-hybridized carbons (Fsp3) is 0.667. The summed E-state index contributed by atoms with van der Waals surface area (Å²) in [5.74, 6) is -0.201. The minimum absolute atomic E-state index is 0.0745. The minimum Gasteiger partial charge on any atom is -0.478 e. The van der Waals surface area contributed by atoms with E-state index in [9.17, 15) is 14.7 Å². The van der Waals surface area contributed by atoms with Crippen LogP contribution in [-0.2, 0) is 4.79 Å². The van der Waals surface area contributed by atoms with Crippen LogP contribution in [0.15, 0.2) is 29.3 Å². The molecule has 0 radical (unpaired) electrons. The lowest BCUT2D eigenvalue weighted by Gasteiger charge is -2.47. The van der Waals surface area contributed by atoms with Gasteiger partial charge in [0.15, 0.2) is 0 Å². The Morgan fingerprint density at radius 3 is 2.28 bits per heavy atom. The number of rotatable bonds is 8. The zero-order valence-corrected chi connectivity index (χ0v) is 20.5. The molecule has 1 saturated carbocycles. The van der Waals surface area contributed by atoms with Crippen LogP contribution in [0.1, 0.15) is 114 Å². The predicted molar refractivity (Wildman–Crippen MR) is 129 cm³/mol. The quantitative estimate of drug-likeness (QED) is 0.493. The van der Waals surface area contributed by atoms with Crippen molar-refractivity contribution in [2.75, 3.05) is 0 Å². The maximum Gasteiger partial charge on any atom is 0.335 e. The number of aromatic carboxylic acids is 1. The van der Waals surface area contributed by atoms with Crippen molar-refractivity contribution in [3.63, 3.8) is 0 Å². The molecule has 1 atom stereocenters. The van der Waals surface area contributed by atoms with Crippen molar-refractivity contribution in [2.24, 2.45) is 16.3 Å². The van der Waals surface area contributed by atoms with Gasteiger partial charge in [-0.2, -0.15) is 0 Å². The molecule has 5 heteroatoms. The van der Waals surface area contributed by atoms with Crippen LogP contribution in [0.4, 0.5) is 0 Å². The third-order valence-corrected chi connectivity index (χ3v) is 7.44. The van der Waals surface area contributed by atoms with Gasteiger partial charge in [-0.25, -0.2) is 4.79 Å². The second kappa shape index (κ2) is 9.76. The summed E-state index contributed by atoms with van der Waals surface area (Å²) >= 11 is 0. The number of hydrogen-bond donors (Lipinski definition) is 1. The molecule has 1 heterocycles. The third kappa shape index (κ3) is 4.92. The molecule has 2 aliphatic rings. The van der Waals surface area contributed by atoms with Crippen LogP contribution in [-0.4, -0.2) is 33.3 Å². The first kappa shape index (κ1) is 24.5. The van der Waals surface area contributed by atoms with Crippen molar-refractivity contribution in [1.29, 1.82) is 0 Å². The molecule has 176 valence electrons. The second-order valence-electron chi connectivity index (χ2n) is 10.7. The van der Waals surface area contributed by atoms with Crippen molar-refractivity contribution < 1.29 is 14.7 Å². The zero-order chi connectivity index (χ0) is 23.5. The molecular formula is C27H40N2O3. The van der Waals surface area contributed by atoms with Crippen molar-refractivity contribution in [3.05, 3.63) is 35.4 Å². The fourth-order valence-electron chi connectivity index (χ4n) is 5.50. The van der Waals surface area contributed by atoms with Crippen molar-refractivity contribution >= 4 is 17.6 Å². The second-order valence-corrected chi connectivity index (χ2v) is 10.7. The molecule has 0 aromatic heterocycles. The Labute approximate surface area is 193 Å².